The quantitative estimate of drug-likeness (QED) is 0.698. The van der Waals surface area contributed by atoms with Crippen molar-refractivity contribution in [2.75, 3.05) is 25.5 Å². The Balaban J connectivity index is 1.28. The first-order valence-electron chi connectivity index (χ1n) is 10.3. The first-order valence-corrected chi connectivity index (χ1v) is 10.3. The number of rotatable bonds is 5. The smallest absolute Gasteiger partial charge is 0.241 e. The predicted octanol–water partition coefficient (Wildman–Crippen LogP) is 1.88. The number of piperidine rings is 1. The maximum Gasteiger partial charge on any atom is 0.241 e. The van der Waals surface area contributed by atoms with E-state index in [9.17, 15) is 9.59 Å². The molecule has 0 bridgehead atoms. The fraction of sp³-hybridized carbons (Fsp3) is 0.409. The van der Waals surface area contributed by atoms with Crippen molar-refractivity contribution in [2.24, 2.45) is 5.92 Å². The van der Waals surface area contributed by atoms with Gasteiger partial charge in [0.15, 0.2) is 0 Å². The van der Waals surface area contributed by atoms with Crippen molar-refractivity contribution >= 4 is 17.5 Å². The standard InChI is InChI=1S/C22H27N5O3/c1-30-20-8-3-2-7-17(20)24-21(28)15-9-12-27(13-10-15)22(29)19-14-18(25-26-19)16-6-4-5-11-23-16/h2-8,11,15,18-19,25-26H,9-10,12-14H2,1H3,(H,24,28). The highest BCUT2D eigenvalue weighted by atomic mass is 16.5. The lowest BCUT2D eigenvalue weighted by Gasteiger charge is -2.33. The number of carbonyl (C=O) groups excluding carboxylic acids is 2. The van der Waals surface area contributed by atoms with Crippen LogP contribution in [0.4, 0.5) is 5.69 Å². The molecule has 2 aromatic rings. The van der Waals surface area contributed by atoms with Crippen LogP contribution in [-0.2, 0) is 9.59 Å². The van der Waals surface area contributed by atoms with Gasteiger partial charge in [0, 0.05) is 25.2 Å². The second kappa shape index (κ2) is 9.23. The van der Waals surface area contributed by atoms with Gasteiger partial charge in [-0.25, -0.2) is 10.9 Å². The van der Waals surface area contributed by atoms with Crippen molar-refractivity contribution in [3.8, 4) is 5.75 Å². The molecule has 2 aliphatic heterocycles. The van der Waals surface area contributed by atoms with E-state index in [1.165, 1.54) is 0 Å². The minimum absolute atomic E-state index is 0.0179. The summed E-state index contributed by atoms with van der Waals surface area (Å²) in [5.41, 5.74) is 7.87. The number of hydrazine groups is 1. The molecule has 2 fully saturated rings. The maximum atomic E-state index is 12.9. The summed E-state index contributed by atoms with van der Waals surface area (Å²) in [4.78, 5) is 31.8. The summed E-state index contributed by atoms with van der Waals surface area (Å²) in [5.74, 6) is 0.572. The second-order valence-corrected chi connectivity index (χ2v) is 7.67. The average molecular weight is 409 g/mol. The second-order valence-electron chi connectivity index (χ2n) is 7.67. The molecule has 2 aliphatic rings. The predicted molar refractivity (Wildman–Crippen MR) is 113 cm³/mol. The van der Waals surface area contributed by atoms with Crippen molar-refractivity contribution in [3.05, 3.63) is 54.4 Å². The van der Waals surface area contributed by atoms with E-state index in [1.54, 1.807) is 13.3 Å². The van der Waals surface area contributed by atoms with E-state index in [1.807, 2.05) is 47.4 Å². The van der Waals surface area contributed by atoms with Gasteiger partial charge in [-0.05, 0) is 43.5 Å². The Kier molecular flexibility index (Phi) is 6.25. The minimum atomic E-state index is -0.282. The lowest BCUT2D eigenvalue weighted by Crippen LogP contribution is -2.49. The van der Waals surface area contributed by atoms with Crippen LogP contribution in [0.15, 0.2) is 48.7 Å². The van der Waals surface area contributed by atoms with Crippen LogP contribution in [0.2, 0.25) is 0 Å². The van der Waals surface area contributed by atoms with E-state index >= 15 is 0 Å². The van der Waals surface area contributed by atoms with Gasteiger partial charge >= 0.3 is 0 Å². The topological polar surface area (TPSA) is 95.6 Å². The van der Waals surface area contributed by atoms with E-state index in [0.29, 0.717) is 43.8 Å². The van der Waals surface area contributed by atoms with Gasteiger partial charge in [0.05, 0.1) is 24.5 Å². The first-order chi connectivity index (χ1) is 14.7. The number of anilines is 1. The highest BCUT2D eigenvalue weighted by Gasteiger charge is 2.35. The summed E-state index contributed by atoms with van der Waals surface area (Å²) in [6.45, 7) is 1.16. The lowest BCUT2D eigenvalue weighted by atomic mass is 9.95. The Hall–Kier alpha value is -2.97. The number of methoxy groups -OCH3 is 1. The molecule has 8 nitrogen and oxygen atoms in total. The largest absolute Gasteiger partial charge is 0.495 e. The number of aromatic nitrogens is 1. The van der Waals surface area contributed by atoms with Gasteiger partial charge in [0.25, 0.3) is 0 Å². The molecular weight excluding hydrogens is 382 g/mol. The van der Waals surface area contributed by atoms with Crippen molar-refractivity contribution in [3.63, 3.8) is 0 Å². The van der Waals surface area contributed by atoms with Gasteiger partial charge in [-0.1, -0.05) is 18.2 Å². The number of carbonyl (C=O) groups is 2. The molecule has 2 atom stereocenters. The van der Waals surface area contributed by atoms with Crippen molar-refractivity contribution in [1.82, 2.24) is 20.7 Å². The van der Waals surface area contributed by atoms with E-state index in [4.69, 9.17) is 4.74 Å². The van der Waals surface area contributed by atoms with Gasteiger partial charge in [0.1, 0.15) is 11.8 Å². The number of likely N-dealkylation sites (tertiary alicyclic amines) is 1. The number of nitrogens with one attached hydrogen (secondary N) is 3. The Bertz CT molecular complexity index is 883. The number of hydrogen-bond donors (Lipinski definition) is 3. The van der Waals surface area contributed by atoms with Crippen LogP contribution < -0.4 is 20.9 Å². The van der Waals surface area contributed by atoms with Crippen LogP contribution in [0.3, 0.4) is 0 Å². The third-order valence-corrected chi connectivity index (χ3v) is 5.79. The third-order valence-electron chi connectivity index (χ3n) is 5.79. The molecule has 8 heteroatoms. The monoisotopic (exact) mass is 409 g/mol. The van der Waals surface area contributed by atoms with Gasteiger partial charge in [0.2, 0.25) is 11.8 Å². The summed E-state index contributed by atoms with van der Waals surface area (Å²) in [5, 5.41) is 2.96. The number of pyridine rings is 1. The van der Waals surface area contributed by atoms with Gasteiger partial charge in [-0.2, -0.15) is 0 Å². The van der Waals surface area contributed by atoms with Crippen molar-refractivity contribution in [1.29, 1.82) is 0 Å². The number of ether oxygens (including phenoxy) is 1. The Morgan fingerprint density at radius 1 is 1.10 bits per heavy atom. The highest BCUT2D eigenvalue weighted by molar-refractivity contribution is 5.94. The molecule has 0 radical (unpaired) electrons. The zero-order valence-electron chi connectivity index (χ0n) is 17.0. The molecule has 2 amide bonds. The van der Waals surface area contributed by atoms with Crippen LogP contribution in [0.5, 0.6) is 5.75 Å². The molecule has 3 heterocycles. The summed E-state index contributed by atoms with van der Waals surface area (Å²) in [7, 11) is 1.58. The normalized spacial score (nSPS) is 22.0. The molecule has 158 valence electrons. The van der Waals surface area contributed by atoms with Crippen LogP contribution in [0.1, 0.15) is 31.0 Å². The number of nitrogens with zero attached hydrogens (tertiary/aromatic N) is 2. The summed E-state index contributed by atoms with van der Waals surface area (Å²) >= 11 is 0. The number of para-hydroxylation sites is 2. The molecule has 0 spiro atoms. The highest BCUT2D eigenvalue weighted by Crippen LogP contribution is 2.27. The zero-order chi connectivity index (χ0) is 20.9. The van der Waals surface area contributed by atoms with Crippen molar-refractivity contribution < 1.29 is 14.3 Å². The number of benzene rings is 1. The summed E-state index contributed by atoms with van der Waals surface area (Å²) in [6.07, 6.45) is 3.71. The van der Waals surface area contributed by atoms with Crippen LogP contribution in [0.25, 0.3) is 0 Å². The Labute approximate surface area is 176 Å². The third kappa shape index (κ3) is 4.44. The van der Waals surface area contributed by atoms with E-state index in [0.717, 1.165) is 5.69 Å². The van der Waals surface area contributed by atoms with Crippen molar-refractivity contribution in [2.45, 2.75) is 31.3 Å². The Morgan fingerprint density at radius 2 is 1.87 bits per heavy atom. The fourth-order valence-electron chi connectivity index (χ4n) is 4.06. The molecule has 1 aromatic carbocycles. The van der Waals surface area contributed by atoms with Crippen LogP contribution in [0, 0.1) is 5.92 Å². The first kappa shape index (κ1) is 20.3. The molecule has 2 saturated heterocycles. The number of amides is 2. The molecule has 3 N–H and O–H groups in total. The van der Waals surface area contributed by atoms with E-state index in [-0.39, 0.29) is 29.8 Å². The molecular formula is C22H27N5O3. The minimum Gasteiger partial charge on any atom is -0.495 e. The SMILES string of the molecule is COc1ccccc1NC(=O)C1CCN(C(=O)C2CC(c3ccccn3)NN2)CC1. The molecule has 0 saturated carbocycles. The summed E-state index contributed by atoms with van der Waals surface area (Å²) < 4.78 is 5.29. The fourth-order valence-corrected chi connectivity index (χ4v) is 4.06. The van der Waals surface area contributed by atoms with E-state index in [2.05, 4.69) is 21.2 Å². The molecule has 1 aromatic heterocycles. The van der Waals surface area contributed by atoms with Gasteiger partial charge < -0.3 is 15.0 Å². The molecule has 2 unspecified atom stereocenters. The molecule has 4 rings (SSSR count). The summed E-state index contributed by atoms with van der Waals surface area (Å²) in [6, 6.07) is 12.9. The van der Waals surface area contributed by atoms with Gasteiger partial charge in [-0.15, -0.1) is 0 Å². The van der Waals surface area contributed by atoms with Crippen LogP contribution in [-0.4, -0.2) is 47.9 Å². The van der Waals surface area contributed by atoms with Gasteiger partial charge in [-0.3, -0.25) is 14.6 Å². The maximum absolute atomic E-state index is 12.9. The zero-order valence-corrected chi connectivity index (χ0v) is 17.0. The molecule has 0 aliphatic carbocycles. The van der Waals surface area contributed by atoms with Crippen LogP contribution >= 0.6 is 0 Å². The molecule has 30 heavy (non-hydrogen) atoms. The average Bonchev–Trinajstić information content (AvgIpc) is 3.30. The Morgan fingerprint density at radius 3 is 2.60 bits per heavy atom. The number of hydrogen-bond acceptors (Lipinski definition) is 6. The van der Waals surface area contributed by atoms with E-state index < -0.39 is 0 Å². The lowest BCUT2D eigenvalue weighted by molar-refractivity contribution is -0.136.